The van der Waals surface area contributed by atoms with Gasteiger partial charge in [-0.05, 0) is 67.3 Å². The molecule has 2 aromatic rings. The minimum atomic E-state index is -4.17. The lowest BCUT2D eigenvalue weighted by atomic mass is 10.0. The van der Waals surface area contributed by atoms with Crippen LogP contribution in [0.4, 0.5) is 5.69 Å². The highest BCUT2D eigenvalue weighted by molar-refractivity contribution is 7.92. The lowest BCUT2D eigenvalue weighted by molar-refractivity contribution is -0.137. The summed E-state index contributed by atoms with van der Waals surface area (Å²) in [5.74, 6) is -1.74. The van der Waals surface area contributed by atoms with Crippen LogP contribution in [0.2, 0.25) is 4.34 Å². The lowest BCUT2D eigenvalue weighted by Crippen LogP contribution is -2.46. The smallest absolute Gasteiger partial charge is 0.318 e. The average Bonchev–Trinajstić information content (AvgIpc) is 3.27. The fraction of sp³-hybridized carbons (Fsp3) is 0.364. The first-order chi connectivity index (χ1) is 15.7. The summed E-state index contributed by atoms with van der Waals surface area (Å²) in [6.07, 6.45) is 3.47. The summed E-state index contributed by atoms with van der Waals surface area (Å²) in [5.41, 5.74) is 3.06. The second-order valence-electron chi connectivity index (χ2n) is 7.96. The normalized spacial score (nSPS) is 18.7. The van der Waals surface area contributed by atoms with Gasteiger partial charge in [-0.25, -0.2) is 8.42 Å². The first-order valence-electron chi connectivity index (χ1n) is 10.6. The highest BCUT2D eigenvalue weighted by Gasteiger charge is 2.42. The van der Waals surface area contributed by atoms with E-state index in [4.69, 9.17) is 11.6 Å². The van der Waals surface area contributed by atoms with E-state index in [-0.39, 0.29) is 18.8 Å². The molecule has 0 spiro atoms. The number of aliphatic carboxylic acids is 1. The van der Waals surface area contributed by atoms with E-state index in [1.807, 2.05) is 18.2 Å². The van der Waals surface area contributed by atoms with Gasteiger partial charge in [0.25, 0.3) is 0 Å². The molecule has 2 aliphatic rings. The van der Waals surface area contributed by atoms with Gasteiger partial charge in [-0.1, -0.05) is 17.7 Å². The van der Waals surface area contributed by atoms with Crippen LogP contribution in [-0.4, -0.2) is 55.4 Å². The van der Waals surface area contributed by atoms with Gasteiger partial charge < -0.3 is 15.3 Å². The Bertz CT molecular complexity index is 1200. The summed E-state index contributed by atoms with van der Waals surface area (Å²) in [6.45, 7) is 1.23. The van der Waals surface area contributed by atoms with Crippen LogP contribution in [0.25, 0.3) is 6.08 Å². The number of amides is 1. The number of hydrogen-bond acceptors (Lipinski definition) is 6. The molecule has 184 valence electrons. The van der Waals surface area contributed by atoms with Crippen LogP contribution in [0.15, 0.2) is 35.7 Å². The molecule has 3 heterocycles. The molecule has 0 aliphatic carbocycles. The molecule has 0 radical (unpaired) electrons. The van der Waals surface area contributed by atoms with E-state index in [1.165, 1.54) is 28.5 Å². The van der Waals surface area contributed by atoms with Crippen molar-refractivity contribution in [2.24, 2.45) is 0 Å². The molecule has 0 saturated carbocycles. The Morgan fingerprint density at radius 3 is 2.79 bits per heavy atom. The molecular formula is C22H25Cl2N3O5S2. The van der Waals surface area contributed by atoms with Crippen LogP contribution in [0.5, 0.6) is 0 Å². The number of nitrogens with zero attached hydrogens (tertiary/aromatic N) is 2. The molecule has 8 nitrogen and oxygen atoms in total. The lowest BCUT2D eigenvalue weighted by Gasteiger charge is -2.25. The molecule has 1 atom stereocenters. The Balaban J connectivity index is 0.00000324. The first-order valence-corrected chi connectivity index (χ1v) is 13.3. The van der Waals surface area contributed by atoms with Crippen molar-refractivity contribution in [3.05, 3.63) is 56.1 Å². The fourth-order valence-corrected chi connectivity index (χ4v) is 6.53. The number of hydrogen-bond donors (Lipinski definition) is 2. The quantitative estimate of drug-likeness (QED) is 0.552. The number of carboxylic acid groups (broad SMARTS) is 1. The van der Waals surface area contributed by atoms with Gasteiger partial charge in [0, 0.05) is 29.1 Å². The predicted octanol–water partition coefficient (Wildman–Crippen LogP) is 3.35. The van der Waals surface area contributed by atoms with Crippen molar-refractivity contribution >= 4 is 69.0 Å². The molecule has 12 heteroatoms. The number of rotatable bonds is 7. The van der Waals surface area contributed by atoms with Crippen molar-refractivity contribution in [2.45, 2.75) is 31.8 Å². The van der Waals surface area contributed by atoms with E-state index in [0.29, 0.717) is 21.4 Å². The van der Waals surface area contributed by atoms with Crippen LogP contribution in [0, 0.1) is 0 Å². The number of anilines is 1. The number of nitrogens with one attached hydrogen (secondary N) is 1. The molecule has 1 fully saturated rings. The van der Waals surface area contributed by atoms with Crippen LogP contribution < -0.4 is 10.2 Å². The van der Waals surface area contributed by atoms with Gasteiger partial charge in [0.05, 0.1) is 4.34 Å². The first kappa shape index (κ1) is 26.7. The monoisotopic (exact) mass is 545 g/mol. The largest absolute Gasteiger partial charge is 0.480 e. The molecule has 1 amide bonds. The van der Waals surface area contributed by atoms with Gasteiger partial charge >= 0.3 is 5.97 Å². The summed E-state index contributed by atoms with van der Waals surface area (Å²) in [6, 6.07) is 8.06. The molecule has 0 bridgehead atoms. The molecule has 2 N–H and O–H groups in total. The number of halogens is 2. The molecule has 1 aromatic heterocycles. The van der Waals surface area contributed by atoms with Crippen LogP contribution in [0.3, 0.4) is 0 Å². The minimum absolute atomic E-state index is 0. The maximum Gasteiger partial charge on any atom is 0.318 e. The van der Waals surface area contributed by atoms with Crippen molar-refractivity contribution in [3.63, 3.8) is 0 Å². The van der Waals surface area contributed by atoms with Crippen LogP contribution in [0.1, 0.15) is 28.8 Å². The van der Waals surface area contributed by atoms with Gasteiger partial charge in [-0.3, -0.25) is 9.59 Å². The number of benzene rings is 1. The zero-order valence-corrected chi connectivity index (χ0v) is 21.4. The number of sulfonamides is 1. The topological polar surface area (TPSA) is 107 Å². The second-order valence-corrected chi connectivity index (χ2v) is 11.5. The Labute approximate surface area is 213 Å². The summed E-state index contributed by atoms with van der Waals surface area (Å²) in [7, 11) is -4.17. The van der Waals surface area contributed by atoms with Crippen molar-refractivity contribution < 1.29 is 23.1 Å². The molecule has 4 rings (SSSR count). The van der Waals surface area contributed by atoms with Gasteiger partial charge in [0.1, 0.15) is 12.6 Å². The maximum atomic E-state index is 13.3. The van der Waals surface area contributed by atoms with E-state index < -0.39 is 34.5 Å². The summed E-state index contributed by atoms with van der Waals surface area (Å²) >= 11 is 7.08. The zero-order valence-electron chi connectivity index (χ0n) is 18.1. The Kier molecular flexibility index (Phi) is 8.77. The number of carboxylic acids is 1. The number of thiophene rings is 1. The maximum absolute atomic E-state index is 13.3. The van der Waals surface area contributed by atoms with Crippen molar-refractivity contribution in [1.82, 2.24) is 9.62 Å². The van der Waals surface area contributed by atoms with Gasteiger partial charge in [-0.15, -0.1) is 23.7 Å². The van der Waals surface area contributed by atoms with E-state index in [0.717, 1.165) is 35.6 Å². The number of aryl methyl sites for hydroxylation is 1. The number of carbonyl (C=O) groups excluding carboxylic acids is 1. The van der Waals surface area contributed by atoms with E-state index >= 15 is 0 Å². The Hall–Kier alpha value is -1.95. The Morgan fingerprint density at radius 1 is 1.29 bits per heavy atom. The number of carbonyl (C=O) groups is 2. The molecule has 2 aliphatic heterocycles. The van der Waals surface area contributed by atoms with E-state index in [9.17, 15) is 23.1 Å². The van der Waals surface area contributed by atoms with Crippen molar-refractivity contribution in [1.29, 1.82) is 0 Å². The van der Waals surface area contributed by atoms with Crippen LogP contribution in [-0.2, 0) is 32.6 Å². The standard InChI is InChI=1S/C22H24ClN3O5S2.ClH/c23-20-6-5-18(32-20)8-11-33(30,31)26(14-21(27)28)19-7-10-25(22(19)29)17-4-3-16-13-24-9-1-2-15(16)12-17;/h3-6,8,11-12,19,24H,1-2,7,9-10,13-14H2,(H,27,28);1H/b11-8+;/t19-;/m0./s1. The molecule has 1 aromatic carbocycles. The van der Waals surface area contributed by atoms with Crippen molar-refractivity contribution in [3.8, 4) is 0 Å². The van der Waals surface area contributed by atoms with Crippen molar-refractivity contribution in [2.75, 3.05) is 24.5 Å². The summed E-state index contributed by atoms with van der Waals surface area (Å²) in [4.78, 5) is 26.9. The SMILES string of the molecule is Cl.O=C(O)CN([C@H]1CCN(c2ccc3c(c2)CCCNC3)C1=O)S(=O)(=O)/C=C/c1ccc(Cl)s1. The van der Waals surface area contributed by atoms with E-state index in [1.54, 1.807) is 17.0 Å². The summed E-state index contributed by atoms with van der Waals surface area (Å²) < 4.78 is 27.3. The fourth-order valence-electron chi connectivity index (χ4n) is 4.16. The minimum Gasteiger partial charge on any atom is -0.480 e. The second kappa shape index (κ2) is 11.2. The van der Waals surface area contributed by atoms with Gasteiger partial charge in [0.15, 0.2) is 0 Å². The molecular weight excluding hydrogens is 521 g/mol. The third-order valence-corrected chi connectivity index (χ3v) is 8.47. The molecule has 1 saturated heterocycles. The molecule has 0 unspecified atom stereocenters. The summed E-state index contributed by atoms with van der Waals surface area (Å²) in [5, 5.41) is 13.6. The molecule has 34 heavy (non-hydrogen) atoms. The van der Waals surface area contributed by atoms with Gasteiger partial charge in [-0.2, -0.15) is 4.31 Å². The van der Waals surface area contributed by atoms with E-state index in [2.05, 4.69) is 5.32 Å². The third-order valence-electron chi connectivity index (χ3n) is 5.76. The predicted molar refractivity (Wildman–Crippen MR) is 136 cm³/mol. The number of fused-ring (bicyclic) bond motifs is 1. The average molecular weight is 546 g/mol. The Morgan fingerprint density at radius 2 is 2.09 bits per heavy atom. The van der Waals surface area contributed by atoms with Gasteiger partial charge in [0.2, 0.25) is 15.9 Å². The highest BCUT2D eigenvalue weighted by atomic mass is 35.5. The van der Waals surface area contributed by atoms with Crippen LogP contribution >= 0.6 is 35.3 Å². The zero-order chi connectivity index (χ0) is 23.6. The highest BCUT2D eigenvalue weighted by Crippen LogP contribution is 2.29. The third kappa shape index (κ3) is 5.99.